The van der Waals surface area contributed by atoms with Crippen molar-refractivity contribution in [2.45, 2.75) is 19.8 Å². The second-order valence-corrected chi connectivity index (χ2v) is 3.34. The third kappa shape index (κ3) is 2.62. The molecule has 0 atom stereocenters. The molecule has 0 amide bonds. The first kappa shape index (κ1) is 11.8. The normalized spacial score (nSPS) is 10.7. The van der Waals surface area contributed by atoms with Gasteiger partial charge >= 0.3 is 5.97 Å². The molecule has 0 saturated carbocycles. The van der Waals surface area contributed by atoms with Crippen molar-refractivity contribution in [3.05, 3.63) is 28.0 Å². The molecular weight excluding hydrogens is 228 g/mol. The number of aliphatic carboxylic acids is 1. The van der Waals surface area contributed by atoms with Gasteiger partial charge in [-0.1, -0.05) is 11.6 Å². The number of pyridine rings is 1. The molecule has 0 spiro atoms. The molecule has 1 aromatic rings. The molecule has 3 nitrogen and oxygen atoms in total. The van der Waals surface area contributed by atoms with Crippen LogP contribution in [-0.2, 0) is 11.2 Å². The first-order valence-corrected chi connectivity index (χ1v) is 4.45. The minimum atomic E-state index is -2.75. The molecule has 1 rings (SSSR count). The highest BCUT2D eigenvalue weighted by Crippen LogP contribution is 2.28. The highest BCUT2D eigenvalue weighted by molar-refractivity contribution is 6.30. The van der Waals surface area contributed by atoms with E-state index in [2.05, 4.69) is 4.98 Å². The van der Waals surface area contributed by atoms with Gasteiger partial charge in [0.1, 0.15) is 5.15 Å². The number of nitrogens with zero attached hydrogens (tertiary/aromatic N) is 1. The van der Waals surface area contributed by atoms with E-state index in [1.165, 1.54) is 6.92 Å². The zero-order chi connectivity index (χ0) is 11.6. The number of alkyl halides is 2. The molecule has 1 heterocycles. The van der Waals surface area contributed by atoms with Gasteiger partial charge in [0, 0.05) is 11.8 Å². The summed E-state index contributed by atoms with van der Waals surface area (Å²) in [6.45, 7) is 1.47. The van der Waals surface area contributed by atoms with Gasteiger partial charge in [-0.05, 0) is 18.1 Å². The summed E-state index contributed by atoms with van der Waals surface area (Å²) >= 11 is 5.62. The Morgan fingerprint density at radius 2 is 2.27 bits per heavy atom. The van der Waals surface area contributed by atoms with E-state index in [9.17, 15) is 13.6 Å². The zero-order valence-electron chi connectivity index (χ0n) is 7.80. The quantitative estimate of drug-likeness (QED) is 0.820. The third-order valence-corrected chi connectivity index (χ3v) is 2.37. The van der Waals surface area contributed by atoms with Gasteiger partial charge in [0.05, 0.1) is 6.42 Å². The molecule has 0 fully saturated rings. The highest BCUT2D eigenvalue weighted by Gasteiger charge is 2.19. The third-order valence-electron chi connectivity index (χ3n) is 1.99. The van der Waals surface area contributed by atoms with Crippen molar-refractivity contribution in [1.82, 2.24) is 4.98 Å². The van der Waals surface area contributed by atoms with Crippen LogP contribution in [0.25, 0.3) is 0 Å². The average Bonchev–Trinajstić information content (AvgIpc) is 2.12. The van der Waals surface area contributed by atoms with Crippen molar-refractivity contribution in [2.24, 2.45) is 0 Å². The molecule has 82 valence electrons. The lowest BCUT2D eigenvalue weighted by molar-refractivity contribution is -0.136. The van der Waals surface area contributed by atoms with Crippen LogP contribution in [-0.4, -0.2) is 16.1 Å². The van der Waals surface area contributed by atoms with E-state index in [4.69, 9.17) is 16.7 Å². The molecule has 0 unspecified atom stereocenters. The van der Waals surface area contributed by atoms with E-state index in [-0.39, 0.29) is 21.8 Å². The summed E-state index contributed by atoms with van der Waals surface area (Å²) in [4.78, 5) is 14.1. The molecule has 1 N–H and O–H groups in total. The summed E-state index contributed by atoms with van der Waals surface area (Å²) < 4.78 is 25.0. The standard InChI is InChI=1S/C9H8ClF2NO2/c1-4-5(2-7(14)15)6(9(11)12)3-13-8(4)10/h3,9H,2H2,1H3,(H,14,15). The van der Waals surface area contributed by atoms with Gasteiger partial charge in [0.25, 0.3) is 6.43 Å². The predicted octanol–water partition coefficient (Wildman–Crippen LogP) is 2.61. The van der Waals surface area contributed by atoms with Gasteiger partial charge in [0.15, 0.2) is 0 Å². The Bertz CT molecular complexity index is 396. The molecule has 0 aliphatic rings. The Morgan fingerprint density at radius 1 is 1.67 bits per heavy atom. The van der Waals surface area contributed by atoms with E-state index in [1.807, 2.05) is 0 Å². The summed E-state index contributed by atoms with van der Waals surface area (Å²) in [5, 5.41) is 8.63. The van der Waals surface area contributed by atoms with Crippen LogP contribution >= 0.6 is 11.6 Å². The molecule has 0 bridgehead atoms. The highest BCUT2D eigenvalue weighted by atomic mass is 35.5. The van der Waals surface area contributed by atoms with Gasteiger partial charge in [-0.3, -0.25) is 4.79 Å². The van der Waals surface area contributed by atoms with Crippen LogP contribution in [0.3, 0.4) is 0 Å². The maximum absolute atomic E-state index is 12.5. The Morgan fingerprint density at radius 3 is 2.73 bits per heavy atom. The molecular formula is C9H8ClF2NO2. The lowest BCUT2D eigenvalue weighted by Crippen LogP contribution is -2.07. The Balaban J connectivity index is 3.28. The van der Waals surface area contributed by atoms with Crippen molar-refractivity contribution in [3.63, 3.8) is 0 Å². The fourth-order valence-electron chi connectivity index (χ4n) is 1.22. The zero-order valence-corrected chi connectivity index (χ0v) is 8.55. The molecule has 0 aliphatic heterocycles. The molecule has 0 saturated heterocycles. The van der Waals surface area contributed by atoms with E-state index in [0.29, 0.717) is 0 Å². The van der Waals surface area contributed by atoms with Crippen molar-refractivity contribution in [2.75, 3.05) is 0 Å². The van der Waals surface area contributed by atoms with Gasteiger partial charge < -0.3 is 5.11 Å². The molecule has 0 radical (unpaired) electrons. The summed E-state index contributed by atoms with van der Waals surface area (Å²) in [5.74, 6) is -1.18. The van der Waals surface area contributed by atoms with Crippen LogP contribution in [0.2, 0.25) is 5.15 Å². The number of carbonyl (C=O) groups is 1. The average molecular weight is 236 g/mol. The van der Waals surface area contributed by atoms with Crippen LogP contribution in [0.4, 0.5) is 8.78 Å². The van der Waals surface area contributed by atoms with Crippen molar-refractivity contribution < 1.29 is 18.7 Å². The van der Waals surface area contributed by atoms with Crippen molar-refractivity contribution in [3.8, 4) is 0 Å². The Labute approximate surface area is 89.7 Å². The van der Waals surface area contributed by atoms with Gasteiger partial charge in [-0.15, -0.1) is 0 Å². The van der Waals surface area contributed by atoms with Crippen LogP contribution in [0.15, 0.2) is 6.20 Å². The van der Waals surface area contributed by atoms with E-state index < -0.39 is 18.8 Å². The van der Waals surface area contributed by atoms with Crippen molar-refractivity contribution in [1.29, 1.82) is 0 Å². The predicted molar refractivity (Wildman–Crippen MR) is 50.3 cm³/mol. The minimum Gasteiger partial charge on any atom is -0.481 e. The first-order valence-electron chi connectivity index (χ1n) is 4.07. The number of hydrogen-bond donors (Lipinski definition) is 1. The summed E-state index contributed by atoms with van der Waals surface area (Å²) in [5.41, 5.74) is -0.0475. The summed E-state index contributed by atoms with van der Waals surface area (Å²) in [6, 6.07) is 0. The molecule has 1 aromatic heterocycles. The van der Waals surface area contributed by atoms with Gasteiger partial charge in [0.2, 0.25) is 0 Å². The first-order chi connectivity index (χ1) is 6.93. The van der Waals surface area contributed by atoms with Crippen LogP contribution < -0.4 is 0 Å². The number of hydrogen-bond acceptors (Lipinski definition) is 2. The minimum absolute atomic E-state index is 0.0394. The maximum Gasteiger partial charge on any atom is 0.307 e. The smallest absolute Gasteiger partial charge is 0.307 e. The van der Waals surface area contributed by atoms with Crippen LogP contribution in [0.5, 0.6) is 0 Å². The summed E-state index contributed by atoms with van der Waals surface area (Å²) in [6.07, 6.45) is -2.31. The number of aromatic nitrogens is 1. The second-order valence-electron chi connectivity index (χ2n) is 2.98. The molecule has 0 aliphatic carbocycles. The fraction of sp³-hybridized carbons (Fsp3) is 0.333. The largest absolute Gasteiger partial charge is 0.481 e. The molecule has 6 heteroatoms. The van der Waals surface area contributed by atoms with Crippen LogP contribution in [0.1, 0.15) is 23.1 Å². The van der Waals surface area contributed by atoms with E-state index in [1.54, 1.807) is 0 Å². The lowest BCUT2D eigenvalue weighted by atomic mass is 10.0. The number of rotatable bonds is 3. The van der Waals surface area contributed by atoms with Crippen LogP contribution in [0, 0.1) is 6.92 Å². The number of carboxylic acid groups (broad SMARTS) is 1. The monoisotopic (exact) mass is 235 g/mol. The topological polar surface area (TPSA) is 50.2 Å². The maximum atomic E-state index is 12.5. The molecule has 0 aromatic carbocycles. The number of halogens is 3. The Kier molecular flexibility index (Phi) is 3.57. The van der Waals surface area contributed by atoms with Gasteiger partial charge in [-0.2, -0.15) is 0 Å². The SMILES string of the molecule is Cc1c(Cl)ncc(C(F)F)c1CC(=O)O. The number of carboxylic acids is 1. The van der Waals surface area contributed by atoms with Crippen molar-refractivity contribution >= 4 is 17.6 Å². The second kappa shape index (κ2) is 4.53. The fourth-order valence-corrected chi connectivity index (χ4v) is 1.38. The molecule has 15 heavy (non-hydrogen) atoms. The Hall–Kier alpha value is -1.23. The lowest BCUT2D eigenvalue weighted by Gasteiger charge is -2.10. The summed E-state index contributed by atoms with van der Waals surface area (Å²) in [7, 11) is 0. The van der Waals surface area contributed by atoms with Gasteiger partial charge in [-0.25, -0.2) is 13.8 Å². The van der Waals surface area contributed by atoms with E-state index in [0.717, 1.165) is 6.20 Å². The van der Waals surface area contributed by atoms with E-state index >= 15 is 0 Å².